The molecule has 0 saturated heterocycles. The monoisotopic (exact) mass is 294 g/mol. The third-order valence-corrected chi connectivity index (χ3v) is 3.64. The Balaban J connectivity index is 2.13. The highest BCUT2D eigenvalue weighted by Crippen LogP contribution is 2.16. The molecule has 0 atom stereocenters. The van der Waals surface area contributed by atoms with Gasteiger partial charge in [-0.15, -0.1) is 0 Å². The summed E-state index contributed by atoms with van der Waals surface area (Å²) in [4.78, 5) is 2.25. The van der Waals surface area contributed by atoms with E-state index in [9.17, 15) is 4.39 Å². The molecular formula is C18H31FN2. The Hall–Kier alpha value is -1.09. The van der Waals surface area contributed by atoms with Crippen molar-refractivity contribution in [2.75, 3.05) is 31.1 Å². The van der Waals surface area contributed by atoms with Crippen LogP contribution in [0.15, 0.2) is 24.3 Å². The molecule has 0 aliphatic heterocycles. The number of nitrogens with one attached hydrogen (secondary N) is 1. The second-order valence-corrected chi connectivity index (χ2v) is 6.07. The van der Waals surface area contributed by atoms with Gasteiger partial charge in [-0.25, -0.2) is 4.39 Å². The SMILES string of the molecule is CCN(CCCCCCNCC(C)C)c1cccc(F)c1. The highest BCUT2D eigenvalue weighted by Gasteiger charge is 2.04. The summed E-state index contributed by atoms with van der Waals surface area (Å²) >= 11 is 0. The first-order chi connectivity index (χ1) is 10.1. The summed E-state index contributed by atoms with van der Waals surface area (Å²) in [5.74, 6) is 0.580. The van der Waals surface area contributed by atoms with E-state index >= 15 is 0 Å². The van der Waals surface area contributed by atoms with E-state index in [0.29, 0.717) is 0 Å². The lowest BCUT2D eigenvalue weighted by Gasteiger charge is -2.23. The van der Waals surface area contributed by atoms with E-state index < -0.39 is 0 Å². The quantitative estimate of drug-likeness (QED) is 0.606. The number of hydrogen-bond acceptors (Lipinski definition) is 2. The summed E-state index contributed by atoms with van der Waals surface area (Å²) < 4.78 is 13.2. The van der Waals surface area contributed by atoms with E-state index in [1.165, 1.54) is 31.7 Å². The molecule has 0 heterocycles. The number of nitrogens with zero attached hydrogens (tertiary/aromatic N) is 1. The lowest BCUT2D eigenvalue weighted by molar-refractivity contribution is 0.525. The Morgan fingerprint density at radius 1 is 1.14 bits per heavy atom. The molecule has 0 unspecified atom stereocenters. The average molecular weight is 294 g/mol. The molecule has 0 spiro atoms. The number of rotatable bonds is 11. The Morgan fingerprint density at radius 3 is 2.57 bits per heavy atom. The fraction of sp³-hybridized carbons (Fsp3) is 0.667. The van der Waals surface area contributed by atoms with Gasteiger partial charge in [0.15, 0.2) is 0 Å². The van der Waals surface area contributed by atoms with Crippen LogP contribution in [0.5, 0.6) is 0 Å². The molecule has 0 saturated carbocycles. The molecule has 0 bridgehead atoms. The van der Waals surface area contributed by atoms with Crippen molar-refractivity contribution in [2.24, 2.45) is 5.92 Å². The molecule has 1 aromatic carbocycles. The average Bonchev–Trinajstić information content (AvgIpc) is 2.45. The molecule has 0 aliphatic carbocycles. The van der Waals surface area contributed by atoms with Gasteiger partial charge in [-0.2, -0.15) is 0 Å². The predicted octanol–water partition coefficient (Wildman–Crippen LogP) is 4.46. The van der Waals surface area contributed by atoms with Crippen molar-refractivity contribution >= 4 is 5.69 Å². The van der Waals surface area contributed by atoms with Gasteiger partial charge in [0.1, 0.15) is 5.82 Å². The summed E-state index contributed by atoms with van der Waals surface area (Å²) in [6.45, 7) is 10.8. The minimum Gasteiger partial charge on any atom is -0.372 e. The molecule has 0 aromatic heterocycles. The molecular weight excluding hydrogens is 263 g/mol. The molecule has 1 N–H and O–H groups in total. The van der Waals surface area contributed by atoms with Crippen molar-refractivity contribution in [3.05, 3.63) is 30.1 Å². The fourth-order valence-corrected chi connectivity index (χ4v) is 2.44. The second kappa shape index (κ2) is 10.6. The molecule has 3 heteroatoms. The summed E-state index contributed by atoms with van der Waals surface area (Å²) in [5.41, 5.74) is 0.996. The maximum Gasteiger partial charge on any atom is 0.125 e. The summed E-state index contributed by atoms with van der Waals surface area (Å²) in [7, 11) is 0. The molecule has 1 aromatic rings. The summed E-state index contributed by atoms with van der Waals surface area (Å²) in [6.07, 6.45) is 4.94. The Kier molecular flexibility index (Phi) is 9.07. The van der Waals surface area contributed by atoms with Crippen LogP contribution in [0.25, 0.3) is 0 Å². The first-order valence-electron chi connectivity index (χ1n) is 8.34. The van der Waals surface area contributed by atoms with Gasteiger partial charge in [0.25, 0.3) is 0 Å². The zero-order chi connectivity index (χ0) is 15.5. The zero-order valence-corrected chi connectivity index (χ0v) is 13.9. The highest BCUT2D eigenvalue weighted by atomic mass is 19.1. The van der Waals surface area contributed by atoms with Crippen molar-refractivity contribution in [1.29, 1.82) is 0 Å². The van der Waals surface area contributed by atoms with E-state index in [-0.39, 0.29) is 5.82 Å². The Morgan fingerprint density at radius 2 is 1.90 bits per heavy atom. The largest absolute Gasteiger partial charge is 0.372 e. The summed E-state index contributed by atoms with van der Waals surface area (Å²) in [5, 5.41) is 3.48. The van der Waals surface area contributed by atoms with Crippen LogP contribution in [0.3, 0.4) is 0 Å². The van der Waals surface area contributed by atoms with Crippen molar-refractivity contribution in [3.8, 4) is 0 Å². The molecule has 21 heavy (non-hydrogen) atoms. The van der Waals surface area contributed by atoms with Gasteiger partial charge in [0.2, 0.25) is 0 Å². The molecule has 120 valence electrons. The smallest absolute Gasteiger partial charge is 0.125 e. The van der Waals surface area contributed by atoms with Crippen LogP contribution in [-0.4, -0.2) is 26.2 Å². The van der Waals surface area contributed by atoms with Crippen LogP contribution < -0.4 is 10.2 Å². The minimum absolute atomic E-state index is 0.151. The Labute approximate surface area is 129 Å². The molecule has 0 fully saturated rings. The van der Waals surface area contributed by atoms with E-state index in [1.807, 2.05) is 6.07 Å². The van der Waals surface area contributed by atoms with Gasteiger partial charge in [-0.05, 0) is 57.0 Å². The van der Waals surface area contributed by atoms with Crippen LogP contribution in [-0.2, 0) is 0 Å². The Bertz CT molecular complexity index is 379. The van der Waals surface area contributed by atoms with Crippen molar-refractivity contribution in [2.45, 2.75) is 46.5 Å². The number of benzene rings is 1. The van der Waals surface area contributed by atoms with Crippen LogP contribution in [0.4, 0.5) is 10.1 Å². The van der Waals surface area contributed by atoms with Gasteiger partial charge in [-0.1, -0.05) is 32.8 Å². The standard InChI is InChI=1S/C18H31FN2/c1-4-21(18-11-9-10-17(19)14-18)13-8-6-5-7-12-20-15-16(2)3/h9-11,14,16,20H,4-8,12-13,15H2,1-3H3. The number of anilines is 1. The molecule has 0 radical (unpaired) electrons. The molecule has 2 nitrogen and oxygen atoms in total. The topological polar surface area (TPSA) is 15.3 Å². The van der Waals surface area contributed by atoms with Gasteiger partial charge in [0.05, 0.1) is 0 Å². The number of unbranched alkanes of at least 4 members (excludes halogenated alkanes) is 3. The first-order valence-corrected chi connectivity index (χ1v) is 8.34. The molecule has 1 rings (SSSR count). The third kappa shape index (κ3) is 8.05. The fourth-order valence-electron chi connectivity index (χ4n) is 2.44. The molecule has 0 aliphatic rings. The lowest BCUT2D eigenvalue weighted by Crippen LogP contribution is -2.24. The van der Waals surface area contributed by atoms with Gasteiger partial charge >= 0.3 is 0 Å². The van der Waals surface area contributed by atoms with Crippen LogP contribution in [0, 0.1) is 11.7 Å². The maximum atomic E-state index is 13.2. The lowest BCUT2D eigenvalue weighted by atomic mass is 10.1. The minimum atomic E-state index is -0.151. The summed E-state index contributed by atoms with van der Waals surface area (Å²) in [6, 6.07) is 6.90. The first kappa shape index (κ1) is 18.0. The van der Waals surface area contributed by atoms with Gasteiger partial charge in [0, 0.05) is 18.8 Å². The number of halogens is 1. The van der Waals surface area contributed by atoms with E-state index in [1.54, 1.807) is 12.1 Å². The third-order valence-electron chi connectivity index (χ3n) is 3.64. The molecule has 0 amide bonds. The van der Waals surface area contributed by atoms with Gasteiger partial charge in [-0.3, -0.25) is 0 Å². The van der Waals surface area contributed by atoms with E-state index in [0.717, 1.165) is 37.8 Å². The maximum absolute atomic E-state index is 13.2. The van der Waals surface area contributed by atoms with Crippen molar-refractivity contribution in [1.82, 2.24) is 5.32 Å². The van der Waals surface area contributed by atoms with Gasteiger partial charge < -0.3 is 10.2 Å². The number of hydrogen-bond donors (Lipinski definition) is 1. The highest BCUT2D eigenvalue weighted by molar-refractivity contribution is 5.46. The second-order valence-electron chi connectivity index (χ2n) is 6.07. The van der Waals surface area contributed by atoms with Crippen molar-refractivity contribution < 1.29 is 4.39 Å². The van der Waals surface area contributed by atoms with E-state index in [4.69, 9.17) is 0 Å². The van der Waals surface area contributed by atoms with Crippen LogP contribution >= 0.6 is 0 Å². The van der Waals surface area contributed by atoms with Crippen LogP contribution in [0.1, 0.15) is 46.5 Å². The predicted molar refractivity (Wildman–Crippen MR) is 90.5 cm³/mol. The van der Waals surface area contributed by atoms with Crippen molar-refractivity contribution in [3.63, 3.8) is 0 Å². The normalized spacial score (nSPS) is 11.1. The zero-order valence-electron chi connectivity index (χ0n) is 13.9. The van der Waals surface area contributed by atoms with Crippen LogP contribution in [0.2, 0.25) is 0 Å². The van der Waals surface area contributed by atoms with E-state index in [2.05, 4.69) is 31.0 Å².